The standard InChI is InChI=1S/C26H41NO3/c1-17(28)30-19-9-11-25(2)18(15-19)7-8-20-21(25)10-12-26(3)22(20)16-23(24(26)29)27-13-5-4-6-14-27/h18-23H,4-16H2,1-3H3/p+1/t18-,19-,20+,21-,22+,23-,25-,26-/m0/s1. The minimum absolute atomic E-state index is 0.0611. The largest absolute Gasteiger partial charge is 0.463 e. The van der Waals surface area contributed by atoms with Gasteiger partial charge in [-0.3, -0.25) is 9.59 Å². The highest BCUT2D eigenvalue weighted by molar-refractivity contribution is 5.91. The number of likely N-dealkylation sites (tertiary alicyclic amines) is 1. The molecule has 0 radical (unpaired) electrons. The van der Waals surface area contributed by atoms with Crippen molar-refractivity contribution < 1.29 is 19.2 Å². The highest BCUT2D eigenvalue weighted by Gasteiger charge is 2.64. The van der Waals surface area contributed by atoms with E-state index in [2.05, 4.69) is 13.8 Å². The Labute approximate surface area is 182 Å². The fourth-order valence-corrected chi connectivity index (χ4v) is 9.09. The Morgan fingerprint density at radius 1 is 0.967 bits per heavy atom. The van der Waals surface area contributed by atoms with Gasteiger partial charge in [-0.25, -0.2) is 0 Å². The summed E-state index contributed by atoms with van der Waals surface area (Å²) >= 11 is 0. The molecular formula is C26H42NO3+. The fraction of sp³-hybridized carbons (Fsp3) is 0.923. The number of carbonyl (C=O) groups is 2. The average molecular weight is 417 g/mol. The van der Waals surface area contributed by atoms with Gasteiger partial charge in [0.2, 0.25) is 0 Å². The molecular weight excluding hydrogens is 374 g/mol. The van der Waals surface area contributed by atoms with Gasteiger partial charge in [0, 0.05) is 18.8 Å². The molecule has 0 aromatic rings. The summed E-state index contributed by atoms with van der Waals surface area (Å²) in [6.45, 7) is 8.86. The van der Waals surface area contributed by atoms with Crippen molar-refractivity contribution in [2.45, 2.75) is 104 Å². The predicted molar refractivity (Wildman–Crippen MR) is 116 cm³/mol. The van der Waals surface area contributed by atoms with Gasteiger partial charge in [0.05, 0.1) is 13.1 Å². The summed E-state index contributed by atoms with van der Waals surface area (Å²) in [5, 5.41) is 0. The number of ether oxygens (including phenoxy) is 1. The van der Waals surface area contributed by atoms with Gasteiger partial charge in [-0.15, -0.1) is 0 Å². The fourth-order valence-electron chi connectivity index (χ4n) is 9.09. The second kappa shape index (κ2) is 7.60. The number of piperidine rings is 1. The first-order chi connectivity index (χ1) is 14.3. The Morgan fingerprint density at radius 2 is 1.73 bits per heavy atom. The molecule has 4 aliphatic carbocycles. The van der Waals surface area contributed by atoms with E-state index in [0.717, 1.165) is 37.5 Å². The van der Waals surface area contributed by atoms with Crippen molar-refractivity contribution in [3.05, 3.63) is 0 Å². The Kier molecular flexibility index (Phi) is 5.31. The molecule has 0 bridgehead atoms. The monoisotopic (exact) mass is 416 g/mol. The lowest BCUT2D eigenvalue weighted by Gasteiger charge is -2.60. The van der Waals surface area contributed by atoms with Gasteiger partial charge in [-0.05, 0) is 93.3 Å². The van der Waals surface area contributed by atoms with Crippen LogP contribution in [0.5, 0.6) is 0 Å². The Balaban J connectivity index is 1.35. The molecule has 1 aliphatic heterocycles. The van der Waals surface area contributed by atoms with Gasteiger partial charge in [-0.2, -0.15) is 0 Å². The molecule has 1 heterocycles. The highest BCUT2D eigenvalue weighted by Crippen LogP contribution is 2.65. The second-order valence-electron chi connectivity index (χ2n) is 12.0. The predicted octanol–water partition coefficient (Wildman–Crippen LogP) is 3.58. The van der Waals surface area contributed by atoms with Crippen LogP contribution < -0.4 is 4.90 Å². The molecule has 1 N–H and O–H groups in total. The number of fused-ring (bicyclic) bond motifs is 5. The maximum atomic E-state index is 13.7. The number of quaternary nitrogens is 1. The van der Waals surface area contributed by atoms with Crippen molar-refractivity contribution in [3.63, 3.8) is 0 Å². The van der Waals surface area contributed by atoms with E-state index < -0.39 is 0 Å². The van der Waals surface area contributed by atoms with Crippen LogP contribution in [0.4, 0.5) is 0 Å². The van der Waals surface area contributed by atoms with Gasteiger partial charge in [0.1, 0.15) is 12.1 Å². The number of ketones is 1. The van der Waals surface area contributed by atoms with Crippen LogP contribution in [0.15, 0.2) is 0 Å². The topological polar surface area (TPSA) is 47.8 Å². The smallest absolute Gasteiger partial charge is 0.302 e. The molecule has 0 unspecified atom stereocenters. The van der Waals surface area contributed by atoms with E-state index in [0.29, 0.717) is 23.0 Å². The third-order valence-electron chi connectivity index (χ3n) is 10.7. The van der Waals surface area contributed by atoms with Crippen molar-refractivity contribution in [3.8, 4) is 0 Å². The van der Waals surface area contributed by atoms with E-state index in [1.54, 1.807) is 11.8 Å². The first-order valence-corrected chi connectivity index (χ1v) is 12.9. The van der Waals surface area contributed by atoms with Gasteiger partial charge < -0.3 is 9.64 Å². The number of esters is 1. The Bertz CT molecular complexity index is 700. The zero-order valence-corrected chi connectivity index (χ0v) is 19.4. The zero-order chi connectivity index (χ0) is 21.1. The minimum atomic E-state index is -0.124. The molecule has 0 aromatic heterocycles. The van der Waals surface area contributed by atoms with Gasteiger partial charge in [-0.1, -0.05) is 13.8 Å². The number of Topliss-reactive ketones (excluding diaryl/α,β-unsaturated/α-hetero) is 1. The van der Waals surface area contributed by atoms with Crippen molar-refractivity contribution in [1.29, 1.82) is 0 Å². The average Bonchev–Trinajstić information content (AvgIpc) is 3.00. The number of hydrogen-bond donors (Lipinski definition) is 1. The quantitative estimate of drug-likeness (QED) is 0.700. The molecule has 5 aliphatic rings. The van der Waals surface area contributed by atoms with E-state index in [1.165, 1.54) is 58.0 Å². The first kappa shape index (κ1) is 21.0. The van der Waals surface area contributed by atoms with Crippen LogP contribution in [0.1, 0.15) is 91.4 Å². The summed E-state index contributed by atoms with van der Waals surface area (Å²) in [7, 11) is 0. The van der Waals surface area contributed by atoms with Crippen molar-refractivity contribution >= 4 is 11.8 Å². The molecule has 30 heavy (non-hydrogen) atoms. The summed E-state index contributed by atoms with van der Waals surface area (Å²) in [6, 6.07) is 0.282. The van der Waals surface area contributed by atoms with Crippen LogP contribution in [0.25, 0.3) is 0 Å². The molecule has 8 atom stereocenters. The lowest BCUT2D eigenvalue weighted by atomic mass is 9.45. The third-order valence-corrected chi connectivity index (χ3v) is 10.7. The van der Waals surface area contributed by atoms with Crippen molar-refractivity contribution in [2.75, 3.05) is 13.1 Å². The van der Waals surface area contributed by atoms with Crippen LogP contribution in [0, 0.1) is 34.5 Å². The van der Waals surface area contributed by atoms with Crippen molar-refractivity contribution in [2.24, 2.45) is 34.5 Å². The van der Waals surface area contributed by atoms with Crippen LogP contribution in [-0.2, 0) is 14.3 Å². The van der Waals surface area contributed by atoms with Crippen molar-refractivity contribution in [1.82, 2.24) is 0 Å². The zero-order valence-electron chi connectivity index (χ0n) is 19.4. The third kappa shape index (κ3) is 3.19. The molecule has 4 nitrogen and oxygen atoms in total. The highest BCUT2D eigenvalue weighted by atomic mass is 16.5. The van der Waals surface area contributed by atoms with E-state index >= 15 is 0 Å². The molecule has 0 spiro atoms. The van der Waals surface area contributed by atoms with Gasteiger partial charge >= 0.3 is 5.97 Å². The lowest BCUT2D eigenvalue weighted by Crippen LogP contribution is -3.17. The van der Waals surface area contributed by atoms with Crippen LogP contribution in [0.2, 0.25) is 0 Å². The molecule has 4 heteroatoms. The summed E-state index contributed by atoms with van der Waals surface area (Å²) in [5.74, 6) is 3.27. The molecule has 0 aromatic carbocycles. The first-order valence-electron chi connectivity index (χ1n) is 12.9. The summed E-state index contributed by atoms with van der Waals surface area (Å²) in [5.41, 5.74) is 0.314. The molecule has 1 saturated heterocycles. The summed E-state index contributed by atoms with van der Waals surface area (Å²) in [6.07, 6.45) is 13.4. The number of hydrogen-bond acceptors (Lipinski definition) is 3. The Hall–Kier alpha value is -0.900. The van der Waals surface area contributed by atoms with Crippen LogP contribution >= 0.6 is 0 Å². The molecule has 4 saturated carbocycles. The van der Waals surface area contributed by atoms with Gasteiger partial charge in [0.25, 0.3) is 0 Å². The normalized spacial score (nSPS) is 49.1. The molecule has 5 fully saturated rings. The minimum Gasteiger partial charge on any atom is -0.463 e. The van der Waals surface area contributed by atoms with Gasteiger partial charge in [0.15, 0.2) is 5.78 Å². The van der Waals surface area contributed by atoms with E-state index in [9.17, 15) is 9.59 Å². The maximum absolute atomic E-state index is 13.7. The van der Waals surface area contributed by atoms with Crippen LogP contribution in [-0.4, -0.2) is 37.0 Å². The lowest BCUT2D eigenvalue weighted by molar-refractivity contribution is -0.920. The summed E-state index contributed by atoms with van der Waals surface area (Å²) in [4.78, 5) is 26.8. The number of rotatable bonds is 2. The maximum Gasteiger partial charge on any atom is 0.302 e. The second-order valence-corrected chi connectivity index (χ2v) is 12.0. The van der Waals surface area contributed by atoms with E-state index in [4.69, 9.17) is 4.74 Å². The number of carbonyl (C=O) groups excluding carboxylic acids is 2. The molecule has 5 rings (SSSR count). The molecule has 0 amide bonds. The number of nitrogens with one attached hydrogen (secondary N) is 1. The van der Waals surface area contributed by atoms with Crippen LogP contribution in [0.3, 0.4) is 0 Å². The Morgan fingerprint density at radius 3 is 2.47 bits per heavy atom. The van der Waals surface area contributed by atoms with E-state index in [1.807, 2.05) is 0 Å². The molecule has 168 valence electrons. The van der Waals surface area contributed by atoms with E-state index in [-0.39, 0.29) is 23.5 Å². The summed E-state index contributed by atoms with van der Waals surface area (Å²) < 4.78 is 5.62. The SMILES string of the molecule is CC(=O)O[C@H]1CC[C@@]2(C)[C@@H](CC[C@H]3[C@H]4C[C@H]([NH+]5CCCCC5)C(=O)[C@@]4(C)CC[C@@H]32)C1.